The molecule has 3 N–H and O–H groups in total. The Kier molecular flexibility index (Phi) is 5.62. The van der Waals surface area contributed by atoms with Crippen molar-refractivity contribution in [2.24, 2.45) is 11.7 Å². The number of benzene rings is 1. The maximum Gasteiger partial charge on any atom is 0.228 e. The summed E-state index contributed by atoms with van der Waals surface area (Å²) in [5, 5.41) is 2.90. The van der Waals surface area contributed by atoms with Crippen LogP contribution in [0.2, 0.25) is 0 Å². The first-order valence-corrected chi connectivity index (χ1v) is 7.46. The quantitative estimate of drug-likeness (QED) is 0.815. The fourth-order valence-electron chi connectivity index (χ4n) is 1.68. The van der Waals surface area contributed by atoms with Crippen molar-refractivity contribution >= 4 is 40.6 Å². The Morgan fingerprint density at radius 2 is 2.22 bits per heavy atom. The molecule has 0 spiro atoms. The maximum atomic E-state index is 12.0. The molecule has 5 heteroatoms. The van der Waals surface area contributed by atoms with E-state index in [4.69, 9.17) is 18.0 Å². The van der Waals surface area contributed by atoms with E-state index in [0.717, 1.165) is 16.9 Å². The molecule has 1 aromatic carbocycles. The van der Waals surface area contributed by atoms with E-state index >= 15 is 0 Å². The van der Waals surface area contributed by atoms with Gasteiger partial charge in [-0.15, -0.1) is 0 Å². The summed E-state index contributed by atoms with van der Waals surface area (Å²) in [6.07, 6.45) is 1.98. The highest BCUT2D eigenvalue weighted by Crippen LogP contribution is 2.20. The van der Waals surface area contributed by atoms with E-state index in [1.54, 1.807) is 11.8 Å². The highest BCUT2D eigenvalue weighted by molar-refractivity contribution is 7.98. The molecule has 1 amide bonds. The lowest BCUT2D eigenvalue weighted by atomic mass is 10.1. The van der Waals surface area contributed by atoms with Crippen LogP contribution in [0.4, 0.5) is 5.69 Å². The molecule has 0 aliphatic heterocycles. The Morgan fingerprint density at radius 3 is 2.78 bits per heavy atom. The molecule has 0 aliphatic carbocycles. The number of carbonyl (C=O) groups is 1. The first kappa shape index (κ1) is 15.0. The van der Waals surface area contributed by atoms with Gasteiger partial charge in [0.1, 0.15) is 4.99 Å². The van der Waals surface area contributed by atoms with Gasteiger partial charge >= 0.3 is 0 Å². The van der Waals surface area contributed by atoms with Gasteiger partial charge in [-0.25, -0.2) is 0 Å². The van der Waals surface area contributed by atoms with Gasteiger partial charge in [-0.05, 0) is 24.8 Å². The fourth-order valence-corrected chi connectivity index (χ4v) is 2.60. The SMILES string of the molecule is CSCC(C)C(=O)Nc1cccc(C)c1C(N)=S. The molecule has 0 radical (unpaired) electrons. The summed E-state index contributed by atoms with van der Waals surface area (Å²) in [4.78, 5) is 12.3. The van der Waals surface area contributed by atoms with E-state index < -0.39 is 0 Å². The van der Waals surface area contributed by atoms with Gasteiger partial charge in [-0.1, -0.05) is 31.3 Å². The number of nitrogens with two attached hydrogens (primary N) is 1. The number of thioether (sulfide) groups is 1. The van der Waals surface area contributed by atoms with Gasteiger partial charge in [-0.2, -0.15) is 11.8 Å². The normalized spacial score (nSPS) is 11.9. The van der Waals surface area contributed by atoms with E-state index in [0.29, 0.717) is 10.7 Å². The number of anilines is 1. The van der Waals surface area contributed by atoms with Gasteiger partial charge in [0.15, 0.2) is 0 Å². The van der Waals surface area contributed by atoms with Crippen LogP contribution in [-0.2, 0) is 4.79 Å². The monoisotopic (exact) mass is 282 g/mol. The molecule has 1 atom stereocenters. The predicted octanol–water partition coefficient (Wildman–Crippen LogP) is 2.57. The number of hydrogen-bond acceptors (Lipinski definition) is 3. The molecular formula is C13H18N2OS2. The van der Waals surface area contributed by atoms with E-state index in [1.807, 2.05) is 38.3 Å². The van der Waals surface area contributed by atoms with Crippen LogP contribution in [0.5, 0.6) is 0 Å². The molecule has 0 aromatic heterocycles. The molecule has 0 aliphatic rings. The number of amides is 1. The third-order valence-electron chi connectivity index (χ3n) is 2.64. The fraction of sp³-hybridized carbons (Fsp3) is 0.385. The molecule has 0 saturated heterocycles. The molecule has 0 bridgehead atoms. The number of rotatable bonds is 5. The number of aryl methyl sites for hydroxylation is 1. The van der Waals surface area contributed by atoms with E-state index in [2.05, 4.69) is 5.32 Å². The second-order valence-corrected chi connectivity index (χ2v) is 5.56. The topological polar surface area (TPSA) is 55.1 Å². The van der Waals surface area contributed by atoms with Gasteiger partial charge in [-0.3, -0.25) is 4.79 Å². The molecule has 0 fully saturated rings. The van der Waals surface area contributed by atoms with E-state index in [1.165, 1.54) is 0 Å². The van der Waals surface area contributed by atoms with Crippen molar-refractivity contribution in [2.45, 2.75) is 13.8 Å². The third kappa shape index (κ3) is 3.71. The smallest absolute Gasteiger partial charge is 0.228 e. The highest BCUT2D eigenvalue weighted by Gasteiger charge is 2.15. The van der Waals surface area contributed by atoms with Crippen molar-refractivity contribution < 1.29 is 4.79 Å². The lowest BCUT2D eigenvalue weighted by Crippen LogP contribution is -2.24. The molecular weight excluding hydrogens is 264 g/mol. The van der Waals surface area contributed by atoms with E-state index in [-0.39, 0.29) is 11.8 Å². The molecule has 18 heavy (non-hydrogen) atoms. The molecule has 0 saturated carbocycles. The first-order valence-electron chi connectivity index (χ1n) is 5.66. The van der Waals surface area contributed by atoms with Gasteiger partial charge < -0.3 is 11.1 Å². The number of hydrogen-bond donors (Lipinski definition) is 2. The van der Waals surface area contributed by atoms with Gasteiger partial charge in [0.05, 0.1) is 5.69 Å². The number of carbonyl (C=O) groups excluding carboxylic acids is 1. The van der Waals surface area contributed by atoms with Gasteiger partial charge in [0, 0.05) is 17.2 Å². The summed E-state index contributed by atoms with van der Waals surface area (Å²) in [6.45, 7) is 3.83. The summed E-state index contributed by atoms with van der Waals surface area (Å²) in [5.74, 6) is 0.743. The Morgan fingerprint density at radius 1 is 1.56 bits per heavy atom. The molecule has 3 nitrogen and oxygen atoms in total. The molecule has 1 aromatic rings. The van der Waals surface area contributed by atoms with Crippen molar-refractivity contribution in [2.75, 3.05) is 17.3 Å². The van der Waals surface area contributed by atoms with Crippen LogP contribution in [0, 0.1) is 12.8 Å². The Hall–Kier alpha value is -1.07. The van der Waals surface area contributed by atoms with Crippen LogP contribution in [-0.4, -0.2) is 22.9 Å². The molecule has 98 valence electrons. The van der Waals surface area contributed by atoms with Gasteiger partial charge in [0.25, 0.3) is 0 Å². The van der Waals surface area contributed by atoms with Crippen LogP contribution in [0.25, 0.3) is 0 Å². The zero-order chi connectivity index (χ0) is 13.7. The number of nitrogens with one attached hydrogen (secondary N) is 1. The average Bonchev–Trinajstić information content (AvgIpc) is 2.28. The van der Waals surface area contributed by atoms with Crippen LogP contribution < -0.4 is 11.1 Å². The lowest BCUT2D eigenvalue weighted by Gasteiger charge is -2.15. The molecule has 1 unspecified atom stereocenters. The maximum absolute atomic E-state index is 12.0. The van der Waals surface area contributed by atoms with Crippen LogP contribution in [0.15, 0.2) is 18.2 Å². The van der Waals surface area contributed by atoms with Crippen molar-refractivity contribution in [1.29, 1.82) is 0 Å². The minimum Gasteiger partial charge on any atom is -0.389 e. The van der Waals surface area contributed by atoms with Crippen molar-refractivity contribution in [3.8, 4) is 0 Å². The Balaban J connectivity index is 2.94. The van der Waals surface area contributed by atoms with Crippen molar-refractivity contribution in [1.82, 2.24) is 0 Å². The zero-order valence-electron chi connectivity index (χ0n) is 10.8. The Labute approximate surface area is 118 Å². The van der Waals surface area contributed by atoms with E-state index in [9.17, 15) is 4.79 Å². The second-order valence-electron chi connectivity index (χ2n) is 4.21. The molecule has 1 rings (SSSR count). The van der Waals surface area contributed by atoms with Gasteiger partial charge in [0.2, 0.25) is 5.91 Å². The average molecular weight is 282 g/mol. The predicted molar refractivity (Wildman–Crippen MR) is 83.2 cm³/mol. The van der Waals surface area contributed by atoms with Crippen molar-refractivity contribution in [3.63, 3.8) is 0 Å². The highest BCUT2D eigenvalue weighted by atomic mass is 32.2. The molecule has 0 heterocycles. The summed E-state index contributed by atoms with van der Waals surface area (Å²) in [6, 6.07) is 5.63. The van der Waals surface area contributed by atoms with Crippen LogP contribution >= 0.6 is 24.0 Å². The van der Waals surface area contributed by atoms with Crippen LogP contribution in [0.1, 0.15) is 18.1 Å². The minimum absolute atomic E-state index is 0.00699. The second kappa shape index (κ2) is 6.75. The summed E-state index contributed by atoms with van der Waals surface area (Å²) < 4.78 is 0. The first-order chi connectivity index (χ1) is 8.47. The van der Waals surface area contributed by atoms with Crippen molar-refractivity contribution in [3.05, 3.63) is 29.3 Å². The van der Waals surface area contributed by atoms with Crippen LogP contribution in [0.3, 0.4) is 0 Å². The summed E-state index contributed by atoms with van der Waals surface area (Å²) >= 11 is 6.68. The summed E-state index contributed by atoms with van der Waals surface area (Å²) in [7, 11) is 0. The minimum atomic E-state index is -0.0419. The zero-order valence-corrected chi connectivity index (χ0v) is 12.5. The third-order valence-corrected chi connectivity index (χ3v) is 3.68. The Bertz CT molecular complexity index is 460. The number of thiocarbonyl (C=S) groups is 1. The standard InChI is InChI=1S/C13H18N2OS2/c1-8-5-4-6-10(11(8)12(14)17)15-13(16)9(2)7-18-3/h4-6,9H,7H2,1-3H3,(H2,14,17)(H,15,16). The largest absolute Gasteiger partial charge is 0.389 e. The lowest BCUT2D eigenvalue weighted by molar-refractivity contribution is -0.118. The summed E-state index contributed by atoms with van der Waals surface area (Å²) in [5.41, 5.74) is 8.11.